The Morgan fingerprint density at radius 2 is 0.549 bits per heavy atom. The number of nitrogens with zero attached hydrogens (tertiary/aromatic N) is 11. The third-order valence-electron chi connectivity index (χ3n) is 24.9. The van der Waals surface area contributed by atoms with Gasteiger partial charge in [-0.3, -0.25) is 0 Å². The monoisotopic (exact) mass is 2100 g/mol. The van der Waals surface area contributed by atoms with E-state index in [2.05, 4.69) is 200 Å². The number of unbranched alkanes of at least 4 members (excludes halogenated alkanes) is 4. The van der Waals surface area contributed by atoms with Gasteiger partial charge in [-0.1, -0.05) is 274 Å². The van der Waals surface area contributed by atoms with Gasteiger partial charge in [0.15, 0.2) is 0 Å². The molecule has 0 spiro atoms. The third kappa shape index (κ3) is 139. The second kappa shape index (κ2) is 116. The number of alkyl halides is 10. The molecule has 8 heterocycles. The van der Waals surface area contributed by atoms with E-state index in [-0.39, 0.29) is 13.2 Å². The van der Waals surface area contributed by atoms with Crippen molar-refractivity contribution in [1.82, 2.24) is 53.9 Å². The van der Waals surface area contributed by atoms with Crippen molar-refractivity contribution < 1.29 is 74.5 Å². The number of likely N-dealkylation sites (N-methyl/N-ethyl adjacent to an activating group) is 2. The minimum atomic E-state index is -1.03. The first-order valence-corrected chi connectivity index (χ1v) is 58.1. The van der Waals surface area contributed by atoms with Gasteiger partial charge in [0.25, 0.3) is 0 Å². The molecule has 8 aliphatic heterocycles. The van der Waals surface area contributed by atoms with E-state index in [9.17, 15) is 43.9 Å². The Hall–Kier alpha value is -1.38. The number of piperidine rings is 1. The maximum Gasteiger partial charge on any atom is 0.140 e. The van der Waals surface area contributed by atoms with Crippen LogP contribution >= 0.6 is 0 Å². The summed E-state index contributed by atoms with van der Waals surface area (Å²) < 4.78 is 120. The summed E-state index contributed by atoms with van der Waals surface area (Å²) in [5.41, 5.74) is 0. The van der Waals surface area contributed by atoms with Gasteiger partial charge >= 0.3 is 0 Å². The number of hydrogen-bond acceptors (Lipinski definition) is 17. The molecule has 884 valence electrons. The lowest BCUT2D eigenvalue weighted by Crippen LogP contribution is -2.45. The highest BCUT2D eigenvalue weighted by Crippen LogP contribution is 2.31. The molecule has 6 N–H and O–H groups in total. The molecule has 6 unspecified atom stereocenters. The summed E-state index contributed by atoms with van der Waals surface area (Å²) in [6.45, 7) is 62.2. The second-order valence-corrected chi connectivity index (χ2v) is 45.8. The smallest absolute Gasteiger partial charge is 0.140 e. The van der Waals surface area contributed by atoms with Crippen LogP contribution in [0.1, 0.15) is 396 Å². The second-order valence-electron chi connectivity index (χ2n) is 45.8. The van der Waals surface area contributed by atoms with Gasteiger partial charge in [0, 0.05) is 78.5 Å². The Morgan fingerprint density at radius 3 is 0.604 bits per heavy atom. The van der Waals surface area contributed by atoms with Gasteiger partial charge in [-0.2, -0.15) is 0 Å². The maximum absolute atomic E-state index is 12.3. The number of β-amino-alcohol motifs (C(OH)–C–C–N with tert-alkyl or cyclic N) is 2. The molecule has 6 aliphatic carbocycles. The molecular formula is C117H255F10N11O6. The average molecular weight is 2100 g/mol. The molecule has 12 atom stereocenters. The van der Waals surface area contributed by atoms with Crippen molar-refractivity contribution in [1.29, 1.82) is 0 Å². The van der Waals surface area contributed by atoms with E-state index < -0.39 is 86.1 Å². The molecule has 17 nitrogen and oxygen atoms in total. The molecule has 8 saturated heterocycles. The first kappa shape index (κ1) is 163. The summed E-state index contributed by atoms with van der Waals surface area (Å²) in [7, 11) is 30.0. The van der Waals surface area contributed by atoms with E-state index in [1.807, 2.05) is 87.7 Å². The van der Waals surface area contributed by atoms with Crippen LogP contribution in [0.15, 0.2) is 0 Å². The number of hydrogen-bond donors (Lipinski definition) is 6. The topological polar surface area (TPSA) is 157 Å². The fraction of sp³-hybridized carbons (Fsp3) is 1.00. The number of aliphatic hydroxyl groups excluding tert-OH is 6. The molecule has 0 aromatic carbocycles. The summed E-state index contributed by atoms with van der Waals surface area (Å²) in [6, 6.07) is 0. The molecule has 0 radical (unpaired) electrons. The minimum Gasteiger partial charge on any atom is -0.394 e. The molecule has 0 bridgehead atoms. The lowest BCUT2D eigenvalue weighted by atomic mass is 9.85. The maximum atomic E-state index is 12.3. The van der Waals surface area contributed by atoms with E-state index in [0.717, 1.165) is 127 Å². The van der Waals surface area contributed by atoms with E-state index in [0.29, 0.717) is 102 Å². The van der Waals surface area contributed by atoms with Crippen LogP contribution in [0.25, 0.3) is 0 Å². The Labute approximate surface area is 890 Å². The third-order valence-corrected chi connectivity index (χ3v) is 24.9. The van der Waals surface area contributed by atoms with Gasteiger partial charge in [0.05, 0.1) is 37.6 Å². The number of aliphatic hydroxyl groups is 6. The fourth-order valence-corrected chi connectivity index (χ4v) is 14.8. The standard InChI is InChI=1S/C7H14.2C6H11F.C6H13N.C6H12.2C5H10FNO.2C5H10FN.2C5H9F.C5H11N.C5H13N.C5H12O2.3C5H12.2C4H8FN.C4H11N.C4H10O2.C4H10.C3H9N.C3H8/c1-7-5-3-2-4-6-7;2*1-5-2-3-6(7)4-5;1-7-5-3-2-4-6-7;1-6-4-2-3-5-6;2*1-7-2-4(6)5(8)3-7;2*1-7-3-2-5(6)4-7;2*1-4-2-5(6)3-4;1-6-4-2-3-5-6;1-4-5-6(2)3;1-2-3-5(7)4-6;1-4-5(2)3;2*1-3-5-4-2;2*1-6-2-4(5)3-6;1-4-5(2)3;1-2-4(6)3-5;2*1-4(2)3;1-3-2/h7H,2-6H2,1H3;2*5-6H,2-4H2,1H3;2-6H2,1H3;6H,2-5H2,1H3;2*4-5,8H,2-3H2,1H3;2*5H,2-4H2,1H3;2*4-5H,2-3H2,1H3;2-5H2,1H3;4-5H2,1-3H3;5-7H,2-4H2,1H3;5H,4H2,1-3H3;2*3-5H2,1-2H3;2*4H,2-3H2,1H3;4H2,1-3H3;4-6H,2-3H2,1H3;4H,1-3H3;1-3H3;3H2,1-2H3/t;5-,6?;5-,6-;;;4-,5-;;5-;;;;;;;;;;;;;;;;/m.11..0.1................/s1. The van der Waals surface area contributed by atoms with Gasteiger partial charge in [-0.25, -0.2) is 43.9 Å². The van der Waals surface area contributed by atoms with Crippen molar-refractivity contribution in [3.05, 3.63) is 0 Å². The van der Waals surface area contributed by atoms with Crippen LogP contribution in [-0.2, 0) is 0 Å². The van der Waals surface area contributed by atoms with Crippen LogP contribution in [0.4, 0.5) is 43.9 Å². The SMILES string of the molecule is CC(C)C.CC1CC(F)C1.CC1CC(F)C1.CC1CCCC1.CC1CCCCC1.CCC.CCC(C)C.CCC(O)CO.CCCC(O)CO.CCCCC.CCCCC.CCCN(C)C.CCN(C)C.CN(C)C.CN1CC(F)C1.CN1CC(F)C1.CN1CC(O)C(F)C1.CN1CCC(F)C1.CN1CCCC1.CN1CCCCC1.CN1CC[C@@H](F)C1.CN1C[C@H](O)[C@@H](F)C1.C[C@@H]1CCC(F)C1.C[C@@H]1CC[C@@H](F)C1. The molecule has 14 rings (SSSR count). The minimum absolute atomic E-state index is 0.103. The summed E-state index contributed by atoms with van der Waals surface area (Å²) >= 11 is 0. The van der Waals surface area contributed by atoms with Crippen LogP contribution in [0, 0.1) is 47.3 Å². The molecule has 6 saturated carbocycles. The fourth-order valence-electron chi connectivity index (χ4n) is 14.8. The zero-order valence-corrected chi connectivity index (χ0v) is 102. The molecule has 14 fully saturated rings. The lowest BCUT2D eigenvalue weighted by molar-refractivity contribution is 0.0877. The summed E-state index contributed by atoms with van der Waals surface area (Å²) in [6.07, 6.45) is 36.2. The normalized spacial score (nSPS) is 26.1. The van der Waals surface area contributed by atoms with Crippen molar-refractivity contribution >= 4 is 0 Å². The Balaban J connectivity index is -0.000000163. The number of halogens is 10. The van der Waals surface area contributed by atoms with E-state index in [4.69, 9.17) is 30.6 Å². The largest absolute Gasteiger partial charge is 0.394 e. The van der Waals surface area contributed by atoms with Gasteiger partial charge in [-0.05, 0) is 314 Å². The van der Waals surface area contributed by atoms with Gasteiger partial charge in [0.2, 0.25) is 0 Å². The van der Waals surface area contributed by atoms with Crippen LogP contribution in [0.2, 0.25) is 0 Å². The van der Waals surface area contributed by atoms with Gasteiger partial charge < -0.3 is 84.5 Å². The van der Waals surface area contributed by atoms with Crippen molar-refractivity contribution in [2.45, 2.75) is 482 Å². The summed E-state index contributed by atoms with van der Waals surface area (Å²) in [5.74, 6) is 6.43. The Morgan fingerprint density at radius 1 is 0.285 bits per heavy atom. The van der Waals surface area contributed by atoms with Crippen molar-refractivity contribution in [2.75, 3.05) is 237 Å². The van der Waals surface area contributed by atoms with E-state index >= 15 is 0 Å². The Bertz CT molecular complexity index is 2050. The van der Waals surface area contributed by atoms with E-state index in [1.165, 1.54) is 180 Å². The predicted molar refractivity (Wildman–Crippen MR) is 612 cm³/mol. The first-order valence-electron chi connectivity index (χ1n) is 58.1. The lowest BCUT2D eigenvalue weighted by Gasteiger charge is -2.29. The average Bonchev–Trinajstić information content (AvgIpc) is 1.08. The first-order chi connectivity index (χ1) is 67.4. The van der Waals surface area contributed by atoms with E-state index in [1.54, 1.807) is 23.9 Å². The van der Waals surface area contributed by atoms with Crippen LogP contribution < -0.4 is 0 Å². The van der Waals surface area contributed by atoms with Crippen molar-refractivity contribution in [3.8, 4) is 0 Å². The zero-order valence-electron chi connectivity index (χ0n) is 102. The van der Waals surface area contributed by atoms with Crippen LogP contribution in [0.5, 0.6) is 0 Å². The quantitative estimate of drug-likeness (QED) is 0.0967. The molecule has 0 aromatic rings. The highest BCUT2D eigenvalue weighted by molar-refractivity contribution is 4.83. The number of rotatable bonds is 13. The molecule has 14 aliphatic rings. The predicted octanol–water partition coefficient (Wildman–Crippen LogP) is 26.6. The molecule has 27 heteroatoms. The van der Waals surface area contributed by atoms with Gasteiger partial charge in [0.1, 0.15) is 61.7 Å². The summed E-state index contributed by atoms with van der Waals surface area (Å²) in [4.78, 5) is 22.5. The van der Waals surface area contributed by atoms with Crippen molar-refractivity contribution in [2.24, 2.45) is 47.3 Å². The molecule has 0 amide bonds. The van der Waals surface area contributed by atoms with Crippen molar-refractivity contribution in [3.63, 3.8) is 0 Å². The number of likely N-dealkylation sites (tertiary alicyclic amines) is 8. The summed E-state index contributed by atoms with van der Waals surface area (Å²) in [5, 5.41) is 50.8. The zero-order chi connectivity index (χ0) is 113. The molecular weight excluding hydrogens is 1850 g/mol. The van der Waals surface area contributed by atoms with Crippen LogP contribution in [-0.4, -0.2) is 407 Å². The Kier molecular flexibility index (Phi) is 131. The highest BCUT2D eigenvalue weighted by atomic mass is 19.2. The molecule has 0 aromatic heterocycles. The van der Waals surface area contributed by atoms with Crippen LogP contribution in [0.3, 0.4) is 0 Å². The molecule has 144 heavy (non-hydrogen) atoms. The highest BCUT2D eigenvalue weighted by Gasteiger charge is 2.31. The van der Waals surface area contributed by atoms with Gasteiger partial charge in [-0.15, -0.1) is 0 Å².